The van der Waals surface area contributed by atoms with Gasteiger partial charge in [-0.2, -0.15) is 0 Å². The van der Waals surface area contributed by atoms with Gasteiger partial charge in [-0.05, 0) is 65.3 Å². The normalized spacial score (nSPS) is 16.8. The van der Waals surface area contributed by atoms with Crippen molar-refractivity contribution in [2.45, 2.75) is 17.9 Å². The van der Waals surface area contributed by atoms with Gasteiger partial charge in [-0.25, -0.2) is 12.8 Å². The number of thiophene rings is 1. The number of halogens is 2. The van der Waals surface area contributed by atoms with Gasteiger partial charge in [-0.3, -0.25) is 4.90 Å². The molecule has 142 valence electrons. The molecular formula is C18H22BrFN2O2S2. The van der Waals surface area contributed by atoms with E-state index in [4.69, 9.17) is 0 Å². The van der Waals surface area contributed by atoms with Crippen molar-refractivity contribution in [3.05, 3.63) is 50.9 Å². The Bertz CT molecular complexity index is 816. The van der Waals surface area contributed by atoms with E-state index >= 15 is 0 Å². The van der Waals surface area contributed by atoms with Gasteiger partial charge in [0.1, 0.15) is 5.82 Å². The van der Waals surface area contributed by atoms with Crippen LogP contribution in [-0.2, 0) is 16.4 Å². The molecule has 0 aliphatic carbocycles. The minimum absolute atomic E-state index is 0.0993. The van der Waals surface area contributed by atoms with Crippen LogP contribution in [0.5, 0.6) is 0 Å². The lowest BCUT2D eigenvalue weighted by Crippen LogP contribution is -2.46. The molecule has 0 saturated carbocycles. The molecule has 0 unspecified atom stereocenters. The molecule has 0 spiro atoms. The first kappa shape index (κ1) is 19.9. The summed E-state index contributed by atoms with van der Waals surface area (Å²) < 4.78 is 38.7. The Morgan fingerprint density at radius 1 is 1.00 bits per heavy atom. The lowest BCUT2D eigenvalue weighted by atomic mass is 10.3. The van der Waals surface area contributed by atoms with E-state index < -0.39 is 15.7 Å². The Hall–Kier alpha value is -0.800. The lowest BCUT2D eigenvalue weighted by Gasteiger charge is -2.34. The summed E-state index contributed by atoms with van der Waals surface area (Å²) in [7, 11) is -3.33. The van der Waals surface area contributed by atoms with Crippen LogP contribution < -0.4 is 0 Å². The van der Waals surface area contributed by atoms with E-state index in [0.29, 0.717) is 6.42 Å². The van der Waals surface area contributed by atoms with E-state index in [0.717, 1.165) is 43.1 Å². The highest BCUT2D eigenvalue weighted by Crippen LogP contribution is 2.23. The maximum absolute atomic E-state index is 12.9. The highest BCUT2D eigenvalue weighted by atomic mass is 79.9. The molecule has 0 bridgehead atoms. The predicted octanol–water partition coefficient (Wildman–Crippen LogP) is 3.63. The molecule has 1 aliphatic heterocycles. The van der Waals surface area contributed by atoms with Crippen molar-refractivity contribution in [2.24, 2.45) is 0 Å². The fourth-order valence-electron chi connectivity index (χ4n) is 3.07. The lowest BCUT2D eigenvalue weighted by molar-refractivity contribution is 0.128. The van der Waals surface area contributed by atoms with Crippen molar-refractivity contribution in [2.75, 3.05) is 38.5 Å². The molecule has 2 heterocycles. The molecule has 4 nitrogen and oxygen atoms in total. The van der Waals surface area contributed by atoms with E-state index in [9.17, 15) is 12.8 Å². The second kappa shape index (κ2) is 8.93. The van der Waals surface area contributed by atoms with Crippen LogP contribution in [-0.4, -0.2) is 56.7 Å². The van der Waals surface area contributed by atoms with Crippen molar-refractivity contribution in [1.82, 2.24) is 9.80 Å². The van der Waals surface area contributed by atoms with Gasteiger partial charge in [0, 0.05) is 37.6 Å². The molecule has 1 saturated heterocycles. The Morgan fingerprint density at radius 2 is 1.65 bits per heavy atom. The molecule has 3 rings (SSSR count). The quantitative estimate of drug-likeness (QED) is 0.591. The number of piperazine rings is 1. The fraction of sp³-hybridized carbons (Fsp3) is 0.444. The Balaban J connectivity index is 1.40. The van der Waals surface area contributed by atoms with Gasteiger partial charge >= 0.3 is 0 Å². The average molecular weight is 461 g/mol. The maximum atomic E-state index is 12.9. The molecule has 0 radical (unpaired) electrons. The van der Waals surface area contributed by atoms with Gasteiger partial charge in [-0.15, -0.1) is 11.3 Å². The van der Waals surface area contributed by atoms with Gasteiger partial charge in [0.05, 0.1) is 14.4 Å². The van der Waals surface area contributed by atoms with Crippen LogP contribution in [0.15, 0.2) is 45.1 Å². The summed E-state index contributed by atoms with van der Waals surface area (Å²) in [4.78, 5) is 6.31. The fourth-order valence-corrected chi connectivity index (χ4v) is 5.89. The van der Waals surface area contributed by atoms with Crippen LogP contribution in [0.4, 0.5) is 4.39 Å². The van der Waals surface area contributed by atoms with Gasteiger partial charge in [0.25, 0.3) is 0 Å². The second-order valence-corrected chi connectivity index (χ2v) is 11.1. The van der Waals surface area contributed by atoms with Crippen molar-refractivity contribution < 1.29 is 12.8 Å². The molecule has 0 atom stereocenters. The highest BCUT2D eigenvalue weighted by molar-refractivity contribution is 9.11. The summed E-state index contributed by atoms with van der Waals surface area (Å²) in [6.45, 7) is 5.68. The number of benzene rings is 1. The molecule has 1 aromatic carbocycles. The number of rotatable bonds is 7. The van der Waals surface area contributed by atoms with Crippen molar-refractivity contribution in [1.29, 1.82) is 0 Å². The van der Waals surface area contributed by atoms with Crippen LogP contribution in [0.3, 0.4) is 0 Å². The molecule has 0 N–H and O–H groups in total. The van der Waals surface area contributed by atoms with E-state index in [1.165, 1.54) is 29.1 Å². The van der Waals surface area contributed by atoms with Gasteiger partial charge in [0.15, 0.2) is 9.84 Å². The third-order valence-electron chi connectivity index (χ3n) is 4.53. The minimum Gasteiger partial charge on any atom is -0.301 e. The first-order valence-electron chi connectivity index (χ1n) is 8.60. The monoisotopic (exact) mass is 460 g/mol. The number of hydrogen-bond donors (Lipinski definition) is 0. The van der Waals surface area contributed by atoms with E-state index in [2.05, 4.69) is 37.9 Å². The summed E-state index contributed by atoms with van der Waals surface area (Å²) in [5.74, 6) is -0.320. The molecule has 0 amide bonds. The van der Waals surface area contributed by atoms with Crippen LogP contribution >= 0.6 is 27.3 Å². The maximum Gasteiger partial charge on any atom is 0.178 e. The van der Waals surface area contributed by atoms with Gasteiger partial charge < -0.3 is 4.90 Å². The van der Waals surface area contributed by atoms with Gasteiger partial charge in [0.2, 0.25) is 0 Å². The third kappa shape index (κ3) is 5.60. The summed E-state index contributed by atoms with van der Waals surface area (Å²) >= 11 is 5.26. The van der Waals surface area contributed by atoms with E-state index in [-0.39, 0.29) is 10.6 Å². The molecule has 8 heteroatoms. The number of nitrogens with zero attached hydrogens (tertiary/aromatic N) is 2. The zero-order valence-corrected chi connectivity index (χ0v) is 17.6. The average Bonchev–Trinajstić information content (AvgIpc) is 3.01. The first-order valence-corrected chi connectivity index (χ1v) is 11.9. The molecule has 1 aliphatic rings. The standard InChI is InChI=1S/C18H22BrFN2O2S2/c19-18-7-4-16(25-18)14-22-11-9-21(10-12-22)8-1-13-26(23,24)17-5-2-15(20)3-6-17/h2-7H,1,8-14H2. The molecule has 26 heavy (non-hydrogen) atoms. The SMILES string of the molecule is O=S(=O)(CCCN1CCN(Cc2ccc(Br)s2)CC1)c1ccc(F)cc1. The summed E-state index contributed by atoms with van der Waals surface area (Å²) in [5.41, 5.74) is 0. The zero-order chi connectivity index (χ0) is 18.6. The van der Waals surface area contributed by atoms with E-state index in [1.54, 1.807) is 11.3 Å². The van der Waals surface area contributed by atoms with Crippen LogP contribution in [0, 0.1) is 5.82 Å². The summed E-state index contributed by atoms with van der Waals surface area (Å²) in [6, 6.07) is 9.30. The summed E-state index contributed by atoms with van der Waals surface area (Å²) in [6.07, 6.45) is 0.595. The van der Waals surface area contributed by atoms with E-state index in [1.807, 2.05) is 0 Å². The molecular weight excluding hydrogens is 439 g/mol. The minimum atomic E-state index is -3.33. The zero-order valence-electron chi connectivity index (χ0n) is 14.4. The predicted molar refractivity (Wildman–Crippen MR) is 107 cm³/mol. The second-order valence-electron chi connectivity index (χ2n) is 6.45. The first-order chi connectivity index (χ1) is 12.4. The Labute approximate surface area is 166 Å². The molecule has 1 fully saturated rings. The summed E-state index contributed by atoms with van der Waals surface area (Å²) in [5, 5.41) is 0. The Kier molecular flexibility index (Phi) is 6.85. The third-order valence-corrected chi connectivity index (χ3v) is 7.96. The van der Waals surface area contributed by atoms with Crippen LogP contribution in [0.25, 0.3) is 0 Å². The molecule has 1 aromatic heterocycles. The largest absolute Gasteiger partial charge is 0.301 e. The van der Waals surface area contributed by atoms with Crippen LogP contribution in [0.2, 0.25) is 0 Å². The number of sulfone groups is 1. The highest BCUT2D eigenvalue weighted by Gasteiger charge is 2.19. The van der Waals surface area contributed by atoms with Gasteiger partial charge in [-0.1, -0.05) is 0 Å². The van der Waals surface area contributed by atoms with Crippen molar-refractivity contribution in [3.63, 3.8) is 0 Å². The van der Waals surface area contributed by atoms with Crippen molar-refractivity contribution in [3.8, 4) is 0 Å². The van der Waals surface area contributed by atoms with Crippen LogP contribution in [0.1, 0.15) is 11.3 Å². The topological polar surface area (TPSA) is 40.6 Å². The molecule has 2 aromatic rings. The smallest absolute Gasteiger partial charge is 0.178 e. The number of hydrogen-bond acceptors (Lipinski definition) is 5. The van der Waals surface area contributed by atoms with Crippen molar-refractivity contribution >= 4 is 37.1 Å². The Morgan fingerprint density at radius 3 is 2.27 bits per heavy atom.